The molecule has 2 rings (SSSR count). The molecule has 0 aliphatic carbocycles. The predicted octanol–water partition coefficient (Wildman–Crippen LogP) is 2.43. The number of benzene rings is 1. The molecular weight excluding hydrogens is 298 g/mol. The molecule has 21 heavy (non-hydrogen) atoms. The number of esters is 1. The maximum atomic E-state index is 13.2. The second kappa shape index (κ2) is 7.40. The van der Waals surface area contributed by atoms with Gasteiger partial charge in [-0.3, -0.25) is 9.79 Å². The Morgan fingerprint density at radius 2 is 2.10 bits per heavy atom. The summed E-state index contributed by atoms with van der Waals surface area (Å²) in [6.45, 7) is 1.76. The fourth-order valence-corrected chi connectivity index (χ4v) is 2.97. The molecule has 0 bridgehead atoms. The number of nitrogens with zero attached hydrogens (tertiary/aromatic N) is 2. The standard InChI is InChI=1S/C14H16F2N2O2S/c1-20-13(19)2-5-21-14-17-3-4-18(14)9-10-6-11(15)8-12(16)7-10/h6-8H,2-5,9H2,1H3. The third-order valence-electron chi connectivity index (χ3n) is 2.95. The molecule has 0 fully saturated rings. The van der Waals surface area contributed by atoms with Crippen molar-refractivity contribution in [3.8, 4) is 0 Å². The highest BCUT2D eigenvalue weighted by atomic mass is 32.2. The van der Waals surface area contributed by atoms with Crippen LogP contribution in [-0.2, 0) is 16.1 Å². The minimum Gasteiger partial charge on any atom is -0.469 e. The largest absolute Gasteiger partial charge is 0.469 e. The molecule has 7 heteroatoms. The first-order chi connectivity index (χ1) is 10.1. The Hall–Kier alpha value is -1.63. The minimum absolute atomic E-state index is 0.264. The molecule has 0 aromatic heterocycles. The molecule has 0 spiro atoms. The molecule has 0 radical (unpaired) electrons. The summed E-state index contributed by atoms with van der Waals surface area (Å²) in [4.78, 5) is 17.4. The van der Waals surface area contributed by atoms with Gasteiger partial charge in [0.05, 0.1) is 20.1 Å². The van der Waals surface area contributed by atoms with Crippen LogP contribution in [0.5, 0.6) is 0 Å². The van der Waals surface area contributed by atoms with E-state index in [0.29, 0.717) is 37.4 Å². The summed E-state index contributed by atoms with van der Waals surface area (Å²) >= 11 is 1.45. The van der Waals surface area contributed by atoms with Crippen molar-refractivity contribution in [2.45, 2.75) is 13.0 Å². The number of methoxy groups -OCH3 is 1. The van der Waals surface area contributed by atoms with Crippen molar-refractivity contribution in [1.82, 2.24) is 4.90 Å². The maximum Gasteiger partial charge on any atom is 0.306 e. The van der Waals surface area contributed by atoms with Crippen molar-refractivity contribution in [2.24, 2.45) is 4.99 Å². The SMILES string of the molecule is COC(=O)CCSC1=NCCN1Cc1cc(F)cc(F)c1. The highest BCUT2D eigenvalue weighted by molar-refractivity contribution is 8.13. The second-order valence-electron chi connectivity index (χ2n) is 4.54. The summed E-state index contributed by atoms with van der Waals surface area (Å²) in [6.07, 6.45) is 0.308. The number of hydrogen-bond acceptors (Lipinski definition) is 5. The average molecular weight is 314 g/mol. The Labute approximate surface area is 126 Å². The van der Waals surface area contributed by atoms with Crippen molar-refractivity contribution in [3.63, 3.8) is 0 Å². The lowest BCUT2D eigenvalue weighted by atomic mass is 10.2. The number of carbonyl (C=O) groups is 1. The van der Waals surface area contributed by atoms with E-state index in [1.54, 1.807) is 0 Å². The van der Waals surface area contributed by atoms with E-state index in [1.807, 2.05) is 4.90 Å². The molecule has 0 amide bonds. The van der Waals surface area contributed by atoms with Crippen molar-refractivity contribution < 1.29 is 18.3 Å². The summed E-state index contributed by atoms with van der Waals surface area (Å²) in [5, 5.41) is 0.795. The highest BCUT2D eigenvalue weighted by Gasteiger charge is 2.18. The number of amidine groups is 1. The second-order valence-corrected chi connectivity index (χ2v) is 5.60. The number of halogens is 2. The molecule has 1 aliphatic rings. The fourth-order valence-electron chi connectivity index (χ4n) is 2.00. The van der Waals surface area contributed by atoms with Gasteiger partial charge in [0, 0.05) is 24.9 Å². The van der Waals surface area contributed by atoms with E-state index in [4.69, 9.17) is 0 Å². The van der Waals surface area contributed by atoms with Crippen molar-refractivity contribution in [1.29, 1.82) is 0 Å². The normalized spacial score (nSPS) is 14.2. The Balaban J connectivity index is 1.90. The molecule has 1 heterocycles. The van der Waals surface area contributed by atoms with E-state index in [1.165, 1.54) is 31.0 Å². The monoisotopic (exact) mass is 314 g/mol. The van der Waals surface area contributed by atoms with Crippen LogP contribution in [0, 0.1) is 11.6 Å². The smallest absolute Gasteiger partial charge is 0.306 e. The van der Waals surface area contributed by atoms with Gasteiger partial charge in [0.25, 0.3) is 0 Å². The van der Waals surface area contributed by atoms with Crippen molar-refractivity contribution >= 4 is 22.9 Å². The number of rotatable bonds is 5. The highest BCUT2D eigenvalue weighted by Crippen LogP contribution is 2.19. The van der Waals surface area contributed by atoms with Crippen molar-refractivity contribution in [2.75, 3.05) is 26.0 Å². The predicted molar refractivity (Wildman–Crippen MR) is 78.2 cm³/mol. The molecule has 114 valence electrons. The minimum atomic E-state index is -0.582. The number of thioether (sulfide) groups is 1. The summed E-state index contributed by atoms with van der Waals surface area (Å²) in [5.74, 6) is -0.860. The molecule has 0 saturated carbocycles. The van der Waals surface area contributed by atoms with Crippen LogP contribution in [0.1, 0.15) is 12.0 Å². The van der Waals surface area contributed by atoms with Gasteiger partial charge < -0.3 is 9.64 Å². The van der Waals surface area contributed by atoms with Gasteiger partial charge in [0.2, 0.25) is 0 Å². The Kier molecular flexibility index (Phi) is 5.55. The quantitative estimate of drug-likeness (QED) is 0.783. The molecule has 1 aromatic rings. The van der Waals surface area contributed by atoms with Crippen LogP contribution >= 0.6 is 11.8 Å². The lowest BCUT2D eigenvalue weighted by molar-refractivity contribution is -0.140. The lowest BCUT2D eigenvalue weighted by Crippen LogP contribution is -2.25. The van der Waals surface area contributed by atoms with E-state index in [9.17, 15) is 13.6 Å². The van der Waals surface area contributed by atoms with Gasteiger partial charge in [-0.2, -0.15) is 0 Å². The summed E-state index contributed by atoms with van der Waals surface area (Å²) < 4.78 is 30.9. The number of hydrogen-bond donors (Lipinski definition) is 0. The van der Waals surface area contributed by atoms with Crippen LogP contribution < -0.4 is 0 Å². The first-order valence-corrected chi connectivity index (χ1v) is 7.51. The van der Waals surface area contributed by atoms with Crippen LogP contribution in [-0.4, -0.2) is 42.0 Å². The van der Waals surface area contributed by atoms with Gasteiger partial charge in [0.15, 0.2) is 5.17 Å². The van der Waals surface area contributed by atoms with Gasteiger partial charge >= 0.3 is 5.97 Å². The molecule has 0 atom stereocenters. The van der Waals surface area contributed by atoms with Gasteiger partial charge in [0.1, 0.15) is 11.6 Å². The Morgan fingerprint density at radius 3 is 2.76 bits per heavy atom. The van der Waals surface area contributed by atoms with Gasteiger partial charge in [-0.05, 0) is 17.7 Å². The number of ether oxygens (including phenoxy) is 1. The fraction of sp³-hybridized carbons (Fsp3) is 0.429. The summed E-state index contributed by atoms with van der Waals surface area (Å²) in [5.41, 5.74) is 0.565. The zero-order valence-electron chi connectivity index (χ0n) is 11.6. The zero-order chi connectivity index (χ0) is 15.2. The van der Waals surface area contributed by atoms with Crippen LogP contribution in [0.4, 0.5) is 8.78 Å². The maximum absolute atomic E-state index is 13.2. The molecule has 1 aliphatic heterocycles. The van der Waals surface area contributed by atoms with Crippen LogP contribution in [0.2, 0.25) is 0 Å². The molecular formula is C14H16F2N2O2S. The molecule has 0 saturated heterocycles. The van der Waals surface area contributed by atoms with E-state index in [2.05, 4.69) is 9.73 Å². The Bertz CT molecular complexity index is 532. The molecule has 1 aromatic carbocycles. The van der Waals surface area contributed by atoms with Crippen molar-refractivity contribution in [3.05, 3.63) is 35.4 Å². The van der Waals surface area contributed by atoms with E-state index >= 15 is 0 Å². The molecule has 0 N–H and O–H groups in total. The zero-order valence-corrected chi connectivity index (χ0v) is 12.5. The summed E-state index contributed by atoms with van der Waals surface area (Å²) in [6, 6.07) is 3.49. The first-order valence-electron chi connectivity index (χ1n) is 6.52. The third kappa shape index (κ3) is 4.70. The first kappa shape index (κ1) is 15.8. The van der Waals surface area contributed by atoms with E-state index in [0.717, 1.165) is 11.2 Å². The van der Waals surface area contributed by atoms with Gasteiger partial charge in [-0.15, -0.1) is 0 Å². The topological polar surface area (TPSA) is 41.9 Å². The molecule has 0 unspecified atom stereocenters. The average Bonchev–Trinajstić information content (AvgIpc) is 2.84. The van der Waals surface area contributed by atoms with Crippen LogP contribution in [0.25, 0.3) is 0 Å². The van der Waals surface area contributed by atoms with E-state index < -0.39 is 11.6 Å². The number of carbonyl (C=O) groups excluding carboxylic acids is 1. The van der Waals surface area contributed by atoms with Crippen LogP contribution in [0.3, 0.4) is 0 Å². The van der Waals surface area contributed by atoms with Gasteiger partial charge in [-0.1, -0.05) is 11.8 Å². The third-order valence-corrected chi connectivity index (χ3v) is 4.00. The number of aliphatic imine (C=N–C) groups is 1. The van der Waals surface area contributed by atoms with E-state index in [-0.39, 0.29) is 5.97 Å². The van der Waals surface area contributed by atoms with Crippen LogP contribution in [0.15, 0.2) is 23.2 Å². The molecule has 4 nitrogen and oxygen atoms in total. The van der Waals surface area contributed by atoms with Gasteiger partial charge in [-0.25, -0.2) is 8.78 Å². The Morgan fingerprint density at radius 1 is 1.38 bits per heavy atom. The summed E-state index contributed by atoms with van der Waals surface area (Å²) in [7, 11) is 1.35. The lowest BCUT2D eigenvalue weighted by Gasteiger charge is -2.19.